The minimum absolute atomic E-state index is 0.0769. The summed E-state index contributed by atoms with van der Waals surface area (Å²) in [6.07, 6.45) is 0.0769. The molecule has 0 aliphatic carbocycles. The SMILES string of the molecule is N#CCc1ccc(-c2cc(Cl)cc(Cl)c2)c(F)n1. The van der Waals surface area contributed by atoms with Crippen LogP contribution in [-0.2, 0) is 6.42 Å². The molecule has 0 spiro atoms. The highest BCUT2D eigenvalue weighted by molar-refractivity contribution is 6.35. The predicted octanol–water partition coefficient (Wildman–Crippen LogP) is 4.26. The molecule has 0 saturated heterocycles. The average molecular weight is 281 g/mol. The Bertz CT molecular complexity index is 615. The number of halogens is 3. The van der Waals surface area contributed by atoms with Crippen molar-refractivity contribution < 1.29 is 4.39 Å². The van der Waals surface area contributed by atoms with Gasteiger partial charge in [0.2, 0.25) is 5.95 Å². The second kappa shape index (κ2) is 5.34. The van der Waals surface area contributed by atoms with Crippen molar-refractivity contribution >= 4 is 23.2 Å². The van der Waals surface area contributed by atoms with E-state index in [-0.39, 0.29) is 6.42 Å². The van der Waals surface area contributed by atoms with E-state index in [1.54, 1.807) is 30.3 Å². The summed E-state index contributed by atoms with van der Waals surface area (Å²) in [6.45, 7) is 0. The summed E-state index contributed by atoms with van der Waals surface area (Å²) in [5.74, 6) is -0.638. The fraction of sp³-hybridized carbons (Fsp3) is 0.0769. The first kappa shape index (κ1) is 12.8. The van der Waals surface area contributed by atoms with Crippen molar-refractivity contribution in [2.24, 2.45) is 0 Å². The molecule has 2 rings (SSSR count). The van der Waals surface area contributed by atoms with Crippen LogP contribution in [0.4, 0.5) is 4.39 Å². The molecule has 0 amide bonds. The number of rotatable bonds is 2. The molecule has 0 saturated carbocycles. The Morgan fingerprint density at radius 3 is 2.39 bits per heavy atom. The molecule has 1 aromatic heterocycles. The molecular formula is C13H7Cl2FN2. The van der Waals surface area contributed by atoms with Gasteiger partial charge in [0.15, 0.2) is 0 Å². The molecule has 0 bridgehead atoms. The monoisotopic (exact) mass is 280 g/mol. The lowest BCUT2D eigenvalue weighted by Crippen LogP contribution is -1.94. The maximum atomic E-state index is 13.8. The van der Waals surface area contributed by atoms with Crippen molar-refractivity contribution in [3.05, 3.63) is 52.0 Å². The standard InChI is InChI=1S/C13H7Cl2FN2/c14-9-5-8(6-10(15)7-9)12-2-1-11(3-4-17)18-13(12)16/h1-2,5-7H,3H2. The van der Waals surface area contributed by atoms with E-state index in [0.29, 0.717) is 26.9 Å². The summed E-state index contributed by atoms with van der Waals surface area (Å²) in [5.41, 5.74) is 1.26. The Morgan fingerprint density at radius 1 is 1.17 bits per heavy atom. The predicted molar refractivity (Wildman–Crippen MR) is 69.0 cm³/mol. The van der Waals surface area contributed by atoms with E-state index in [2.05, 4.69) is 4.98 Å². The highest BCUT2D eigenvalue weighted by Crippen LogP contribution is 2.28. The third-order valence-corrected chi connectivity index (χ3v) is 2.78. The quantitative estimate of drug-likeness (QED) is 0.771. The molecule has 5 heteroatoms. The number of benzene rings is 1. The van der Waals surface area contributed by atoms with Gasteiger partial charge in [0.05, 0.1) is 18.2 Å². The van der Waals surface area contributed by atoms with Crippen LogP contribution in [0.15, 0.2) is 30.3 Å². The van der Waals surface area contributed by atoms with Crippen LogP contribution in [-0.4, -0.2) is 4.98 Å². The van der Waals surface area contributed by atoms with Gasteiger partial charge in [0.1, 0.15) is 0 Å². The van der Waals surface area contributed by atoms with E-state index >= 15 is 0 Å². The summed E-state index contributed by atoms with van der Waals surface area (Å²) in [7, 11) is 0. The zero-order valence-corrected chi connectivity index (χ0v) is 10.6. The number of aromatic nitrogens is 1. The van der Waals surface area contributed by atoms with Crippen LogP contribution in [0.2, 0.25) is 10.0 Å². The number of pyridine rings is 1. The fourth-order valence-corrected chi connectivity index (χ4v) is 2.10. The normalized spacial score (nSPS) is 10.1. The molecule has 0 atom stereocenters. The second-order valence-corrected chi connectivity index (χ2v) is 4.51. The molecular weight excluding hydrogens is 274 g/mol. The third kappa shape index (κ3) is 2.79. The first-order valence-corrected chi connectivity index (χ1v) is 5.84. The first-order valence-electron chi connectivity index (χ1n) is 5.09. The van der Waals surface area contributed by atoms with Gasteiger partial charge in [-0.1, -0.05) is 23.2 Å². The van der Waals surface area contributed by atoms with Gasteiger partial charge in [0.25, 0.3) is 0 Å². The Balaban J connectivity index is 2.48. The first-order chi connectivity index (χ1) is 8.60. The Labute approximate surface area is 114 Å². The van der Waals surface area contributed by atoms with Crippen LogP contribution in [0, 0.1) is 17.3 Å². The maximum absolute atomic E-state index is 13.8. The number of hydrogen-bond acceptors (Lipinski definition) is 2. The summed E-state index contributed by atoms with van der Waals surface area (Å²) in [4.78, 5) is 3.72. The van der Waals surface area contributed by atoms with Gasteiger partial charge >= 0.3 is 0 Å². The van der Waals surface area contributed by atoms with Crippen molar-refractivity contribution in [3.8, 4) is 17.2 Å². The molecule has 0 fully saturated rings. The zero-order valence-electron chi connectivity index (χ0n) is 9.12. The molecule has 0 aliphatic rings. The molecule has 2 aromatic rings. The highest BCUT2D eigenvalue weighted by Gasteiger charge is 2.09. The van der Waals surface area contributed by atoms with E-state index in [1.807, 2.05) is 6.07 Å². The Hall–Kier alpha value is -1.63. The van der Waals surface area contributed by atoms with Crippen molar-refractivity contribution in [1.29, 1.82) is 5.26 Å². The van der Waals surface area contributed by atoms with Crippen LogP contribution in [0.5, 0.6) is 0 Å². The lowest BCUT2D eigenvalue weighted by molar-refractivity contribution is 0.582. The molecule has 2 nitrogen and oxygen atoms in total. The topological polar surface area (TPSA) is 36.7 Å². The Morgan fingerprint density at radius 2 is 1.83 bits per heavy atom. The minimum atomic E-state index is -0.638. The largest absolute Gasteiger partial charge is 0.223 e. The number of nitriles is 1. The van der Waals surface area contributed by atoms with Crippen molar-refractivity contribution in [2.75, 3.05) is 0 Å². The molecule has 90 valence electrons. The van der Waals surface area contributed by atoms with Crippen molar-refractivity contribution in [1.82, 2.24) is 4.98 Å². The van der Waals surface area contributed by atoms with E-state index in [9.17, 15) is 4.39 Å². The summed E-state index contributed by atoms with van der Waals surface area (Å²) >= 11 is 11.7. The van der Waals surface area contributed by atoms with Gasteiger partial charge in [0, 0.05) is 15.6 Å². The summed E-state index contributed by atoms with van der Waals surface area (Å²) < 4.78 is 13.8. The summed E-state index contributed by atoms with van der Waals surface area (Å²) in [6, 6.07) is 9.88. The molecule has 0 N–H and O–H groups in total. The molecule has 18 heavy (non-hydrogen) atoms. The van der Waals surface area contributed by atoms with Crippen molar-refractivity contribution in [2.45, 2.75) is 6.42 Å². The average Bonchev–Trinajstić information content (AvgIpc) is 2.28. The Kier molecular flexibility index (Phi) is 3.81. The van der Waals surface area contributed by atoms with Crippen LogP contribution < -0.4 is 0 Å². The van der Waals surface area contributed by atoms with Gasteiger partial charge in [-0.2, -0.15) is 9.65 Å². The van der Waals surface area contributed by atoms with Crippen LogP contribution in [0.25, 0.3) is 11.1 Å². The van der Waals surface area contributed by atoms with Gasteiger partial charge in [-0.15, -0.1) is 0 Å². The van der Waals surface area contributed by atoms with Gasteiger partial charge in [-0.3, -0.25) is 0 Å². The second-order valence-electron chi connectivity index (χ2n) is 3.63. The lowest BCUT2D eigenvalue weighted by atomic mass is 10.1. The van der Waals surface area contributed by atoms with Gasteiger partial charge in [-0.25, -0.2) is 4.98 Å². The van der Waals surface area contributed by atoms with E-state index in [0.717, 1.165) is 0 Å². The van der Waals surface area contributed by atoms with Gasteiger partial charge < -0.3 is 0 Å². The fourth-order valence-electron chi connectivity index (χ4n) is 1.58. The number of nitrogens with zero attached hydrogens (tertiary/aromatic N) is 2. The van der Waals surface area contributed by atoms with E-state index in [4.69, 9.17) is 28.5 Å². The molecule has 1 heterocycles. The minimum Gasteiger partial charge on any atom is -0.223 e. The van der Waals surface area contributed by atoms with Crippen LogP contribution in [0.3, 0.4) is 0 Å². The van der Waals surface area contributed by atoms with Crippen LogP contribution >= 0.6 is 23.2 Å². The molecule has 1 aromatic carbocycles. The van der Waals surface area contributed by atoms with E-state index in [1.165, 1.54) is 0 Å². The highest BCUT2D eigenvalue weighted by atomic mass is 35.5. The van der Waals surface area contributed by atoms with E-state index < -0.39 is 5.95 Å². The number of hydrogen-bond donors (Lipinski definition) is 0. The third-order valence-electron chi connectivity index (χ3n) is 2.34. The molecule has 0 aliphatic heterocycles. The van der Waals surface area contributed by atoms with Crippen LogP contribution in [0.1, 0.15) is 5.69 Å². The smallest absolute Gasteiger partial charge is 0.221 e. The molecule has 0 radical (unpaired) electrons. The zero-order chi connectivity index (χ0) is 13.1. The molecule has 0 unspecified atom stereocenters. The lowest BCUT2D eigenvalue weighted by Gasteiger charge is -2.05. The van der Waals surface area contributed by atoms with Gasteiger partial charge in [-0.05, 0) is 35.9 Å². The summed E-state index contributed by atoms with van der Waals surface area (Å²) in [5, 5.41) is 9.38. The van der Waals surface area contributed by atoms with Crippen molar-refractivity contribution in [3.63, 3.8) is 0 Å². The maximum Gasteiger partial charge on any atom is 0.221 e.